The van der Waals surface area contributed by atoms with Crippen LogP contribution >= 0.6 is 0 Å². The summed E-state index contributed by atoms with van der Waals surface area (Å²) in [6, 6.07) is 0.657. The quantitative estimate of drug-likeness (QED) is 0.908. The molecule has 0 saturated carbocycles. The molecule has 0 spiro atoms. The molecule has 1 amide bonds. The number of hydrogen-bond acceptors (Lipinski definition) is 4. The highest BCUT2D eigenvalue weighted by Crippen LogP contribution is 2.23. The minimum absolute atomic E-state index is 0.0340. The summed E-state index contributed by atoms with van der Waals surface area (Å²) >= 11 is 0. The minimum Gasteiger partial charge on any atom is -0.396 e. The molecule has 0 atom stereocenters. The Balaban J connectivity index is 1.63. The van der Waals surface area contributed by atoms with Crippen molar-refractivity contribution < 1.29 is 4.79 Å². The molecule has 1 aromatic rings. The van der Waals surface area contributed by atoms with Gasteiger partial charge in [-0.15, -0.1) is 0 Å². The number of nitrogen functional groups attached to an aromatic ring is 1. The summed E-state index contributed by atoms with van der Waals surface area (Å²) in [4.78, 5) is 17.2. The van der Waals surface area contributed by atoms with E-state index in [-0.39, 0.29) is 5.91 Å². The Hall–Kier alpha value is -1.56. The molecule has 2 fully saturated rings. The van der Waals surface area contributed by atoms with Crippen molar-refractivity contribution in [3.8, 4) is 0 Å². The monoisotopic (exact) mass is 291 g/mol. The summed E-state index contributed by atoms with van der Waals surface area (Å²) in [6.45, 7) is 6.76. The molecule has 1 aromatic heterocycles. The number of carbonyl (C=O) groups is 1. The van der Waals surface area contributed by atoms with E-state index in [4.69, 9.17) is 5.73 Å². The number of piperidine rings is 1. The fraction of sp³-hybridized carbons (Fsp3) is 0.733. The molecule has 2 saturated heterocycles. The molecule has 6 heteroatoms. The number of anilines is 1. The van der Waals surface area contributed by atoms with Crippen LogP contribution in [0.3, 0.4) is 0 Å². The van der Waals surface area contributed by atoms with Gasteiger partial charge in [0.05, 0.1) is 11.9 Å². The van der Waals surface area contributed by atoms with Crippen molar-refractivity contribution in [1.82, 2.24) is 19.6 Å². The molecular weight excluding hydrogens is 266 g/mol. The Morgan fingerprint density at radius 3 is 2.57 bits per heavy atom. The van der Waals surface area contributed by atoms with Gasteiger partial charge < -0.3 is 15.5 Å². The topological polar surface area (TPSA) is 67.4 Å². The molecule has 2 aliphatic heterocycles. The van der Waals surface area contributed by atoms with E-state index in [1.54, 1.807) is 10.9 Å². The van der Waals surface area contributed by atoms with Gasteiger partial charge in [-0.3, -0.25) is 9.48 Å². The van der Waals surface area contributed by atoms with Crippen molar-refractivity contribution in [2.75, 3.05) is 31.9 Å². The van der Waals surface area contributed by atoms with Gasteiger partial charge in [-0.25, -0.2) is 0 Å². The summed E-state index contributed by atoms with van der Waals surface area (Å²) in [5.74, 6) is 0.0340. The van der Waals surface area contributed by atoms with E-state index in [0.717, 1.165) is 25.9 Å². The second kappa shape index (κ2) is 6.05. The van der Waals surface area contributed by atoms with Gasteiger partial charge in [0, 0.05) is 25.7 Å². The first-order chi connectivity index (χ1) is 10.2. The molecule has 2 N–H and O–H groups in total. The van der Waals surface area contributed by atoms with Crippen molar-refractivity contribution in [3.05, 3.63) is 11.9 Å². The van der Waals surface area contributed by atoms with E-state index >= 15 is 0 Å². The number of rotatable bonds is 3. The third kappa shape index (κ3) is 2.77. The Morgan fingerprint density at radius 2 is 1.95 bits per heavy atom. The SMILES string of the molecule is CCn1ncc(N)c1C(=O)N1CCC(N2CCCC2)CC1. The molecule has 0 bridgehead atoms. The van der Waals surface area contributed by atoms with Crippen LogP contribution < -0.4 is 5.73 Å². The van der Waals surface area contributed by atoms with Crippen LogP contribution in [0.25, 0.3) is 0 Å². The number of hydrogen-bond donors (Lipinski definition) is 1. The second-order valence-electron chi connectivity index (χ2n) is 6.03. The third-order valence-electron chi connectivity index (χ3n) is 4.78. The number of carbonyl (C=O) groups excluding carboxylic acids is 1. The summed E-state index contributed by atoms with van der Waals surface area (Å²) in [7, 11) is 0. The maximum Gasteiger partial charge on any atom is 0.274 e. The van der Waals surface area contributed by atoms with Gasteiger partial charge in [0.1, 0.15) is 5.69 Å². The minimum atomic E-state index is 0.0340. The van der Waals surface area contributed by atoms with Gasteiger partial charge in [-0.05, 0) is 45.7 Å². The Bertz CT molecular complexity index is 498. The van der Waals surface area contributed by atoms with Crippen LogP contribution in [0.2, 0.25) is 0 Å². The molecule has 116 valence electrons. The molecule has 3 heterocycles. The van der Waals surface area contributed by atoms with Crippen LogP contribution in [-0.2, 0) is 6.54 Å². The average Bonchev–Trinajstić information content (AvgIpc) is 3.16. The number of aromatic nitrogens is 2. The predicted molar refractivity (Wildman–Crippen MR) is 82.0 cm³/mol. The largest absolute Gasteiger partial charge is 0.396 e. The first-order valence-electron chi connectivity index (χ1n) is 8.05. The molecule has 0 aromatic carbocycles. The lowest BCUT2D eigenvalue weighted by Crippen LogP contribution is -2.46. The van der Waals surface area contributed by atoms with Crippen LogP contribution in [0.5, 0.6) is 0 Å². The smallest absolute Gasteiger partial charge is 0.274 e. The average molecular weight is 291 g/mol. The van der Waals surface area contributed by atoms with Gasteiger partial charge in [0.2, 0.25) is 0 Å². The summed E-state index contributed by atoms with van der Waals surface area (Å²) in [5, 5.41) is 4.16. The lowest BCUT2D eigenvalue weighted by molar-refractivity contribution is 0.0633. The molecule has 0 radical (unpaired) electrons. The van der Waals surface area contributed by atoms with Gasteiger partial charge in [-0.2, -0.15) is 5.10 Å². The Kier molecular flexibility index (Phi) is 4.14. The first-order valence-corrected chi connectivity index (χ1v) is 8.05. The van der Waals surface area contributed by atoms with Crippen molar-refractivity contribution in [2.45, 2.75) is 45.2 Å². The Labute approximate surface area is 125 Å². The van der Waals surface area contributed by atoms with E-state index in [1.165, 1.54) is 25.9 Å². The van der Waals surface area contributed by atoms with Crippen LogP contribution in [0.15, 0.2) is 6.20 Å². The van der Waals surface area contributed by atoms with Gasteiger partial charge >= 0.3 is 0 Å². The zero-order valence-corrected chi connectivity index (χ0v) is 12.8. The van der Waals surface area contributed by atoms with Crippen LogP contribution in [0.1, 0.15) is 43.1 Å². The highest BCUT2D eigenvalue weighted by Gasteiger charge is 2.30. The zero-order valence-electron chi connectivity index (χ0n) is 12.8. The van der Waals surface area contributed by atoms with E-state index in [9.17, 15) is 4.79 Å². The van der Waals surface area contributed by atoms with Crippen molar-refractivity contribution >= 4 is 11.6 Å². The third-order valence-corrected chi connectivity index (χ3v) is 4.78. The van der Waals surface area contributed by atoms with Crippen LogP contribution in [-0.4, -0.2) is 57.7 Å². The fourth-order valence-corrected chi connectivity index (χ4v) is 3.56. The van der Waals surface area contributed by atoms with E-state index in [2.05, 4.69) is 10.00 Å². The number of nitrogens with zero attached hydrogens (tertiary/aromatic N) is 4. The number of amides is 1. The maximum atomic E-state index is 12.7. The highest BCUT2D eigenvalue weighted by atomic mass is 16.2. The lowest BCUT2D eigenvalue weighted by atomic mass is 10.0. The molecule has 3 rings (SSSR count). The number of likely N-dealkylation sites (tertiary alicyclic amines) is 2. The van der Waals surface area contributed by atoms with Crippen molar-refractivity contribution in [3.63, 3.8) is 0 Å². The molecule has 21 heavy (non-hydrogen) atoms. The summed E-state index contributed by atoms with van der Waals surface area (Å²) in [5.41, 5.74) is 6.95. The van der Waals surface area contributed by atoms with E-state index in [0.29, 0.717) is 24.0 Å². The number of nitrogens with two attached hydrogens (primary N) is 1. The van der Waals surface area contributed by atoms with Gasteiger partial charge in [0.25, 0.3) is 5.91 Å². The summed E-state index contributed by atoms with van der Waals surface area (Å²) in [6.07, 6.45) is 6.38. The zero-order chi connectivity index (χ0) is 14.8. The standard InChI is InChI=1S/C15H25N5O/c1-2-20-14(13(16)11-17-20)15(21)19-9-5-12(6-10-19)18-7-3-4-8-18/h11-12H,2-10,16H2,1H3. The predicted octanol–water partition coefficient (Wildman–Crippen LogP) is 1.19. The molecule has 0 aliphatic carbocycles. The van der Waals surface area contributed by atoms with E-state index in [1.807, 2.05) is 11.8 Å². The fourth-order valence-electron chi connectivity index (χ4n) is 3.56. The molecule has 6 nitrogen and oxygen atoms in total. The van der Waals surface area contributed by atoms with Crippen molar-refractivity contribution in [1.29, 1.82) is 0 Å². The Morgan fingerprint density at radius 1 is 1.29 bits per heavy atom. The highest BCUT2D eigenvalue weighted by molar-refractivity contribution is 5.97. The van der Waals surface area contributed by atoms with Gasteiger partial charge in [0.15, 0.2) is 0 Å². The molecular formula is C15H25N5O. The normalized spacial score (nSPS) is 21.1. The number of aryl methyl sites for hydroxylation is 1. The molecule has 2 aliphatic rings. The summed E-state index contributed by atoms with van der Waals surface area (Å²) < 4.78 is 1.70. The van der Waals surface area contributed by atoms with Gasteiger partial charge in [-0.1, -0.05) is 0 Å². The van der Waals surface area contributed by atoms with Crippen LogP contribution in [0.4, 0.5) is 5.69 Å². The first kappa shape index (κ1) is 14.4. The van der Waals surface area contributed by atoms with Crippen LogP contribution in [0, 0.1) is 0 Å². The van der Waals surface area contributed by atoms with E-state index < -0.39 is 0 Å². The van der Waals surface area contributed by atoms with Crippen molar-refractivity contribution in [2.24, 2.45) is 0 Å². The lowest BCUT2D eigenvalue weighted by Gasteiger charge is -2.36. The molecule has 0 unspecified atom stereocenters. The maximum absolute atomic E-state index is 12.7. The second-order valence-corrected chi connectivity index (χ2v) is 6.03.